The minimum absolute atomic E-state index is 0.104. The number of halogens is 3. The van der Waals surface area contributed by atoms with Crippen LogP contribution in [0.4, 0.5) is 8.78 Å². The van der Waals surface area contributed by atoms with Gasteiger partial charge in [0.05, 0.1) is 16.6 Å². The van der Waals surface area contributed by atoms with Crippen molar-refractivity contribution in [2.24, 2.45) is 0 Å². The number of hydrogen-bond acceptors (Lipinski definition) is 2. The normalized spacial score (nSPS) is 12.0. The summed E-state index contributed by atoms with van der Waals surface area (Å²) in [4.78, 5) is 13.5. The molecule has 0 aliphatic rings. The molecule has 3 rings (SSSR count). The molecule has 0 bridgehead atoms. The minimum atomic E-state index is -1.11. The van der Waals surface area contributed by atoms with E-state index in [0.717, 1.165) is 22.6 Å². The van der Waals surface area contributed by atoms with Crippen LogP contribution >= 0.6 is 22.9 Å². The second-order valence-corrected chi connectivity index (χ2v) is 6.47. The maximum Gasteiger partial charge on any atom is 0.253 e. The van der Waals surface area contributed by atoms with Crippen molar-refractivity contribution in [3.63, 3.8) is 0 Å². The summed E-state index contributed by atoms with van der Waals surface area (Å²) in [5, 5.41) is 4.61. The molecule has 122 valence electrons. The fraction of sp³-hybridized carbons (Fsp3) is 0.0556. The zero-order valence-electron chi connectivity index (χ0n) is 12.3. The highest BCUT2D eigenvalue weighted by Gasteiger charge is 2.21. The van der Waals surface area contributed by atoms with Gasteiger partial charge >= 0.3 is 0 Å². The van der Waals surface area contributed by atoms with Crippen LogP contribution in [0.25, 0.3) is 0 Å². The van der Waals surface area contributed by atoms with Crippen LogP contribution in [-0.2, 0) is 0 Å². The van der Waals surface area contributed by atoms with Gasteiger partial charge in [-0.2, -0.15) is 0 Å². The first kappa shape index (κ1) is 16.6. The quantitative estimate of drug-likeness (QED) is 0.634. The van der Waals surface area contributed by atoms with E-state index in [1.165, 1.54) is 11.3 Å². The summed E-state index contributed by atoms with van der Waals surface area (Å²) in [5.41, 5.74) is 0.778. The summed E-state index contributed by atoms with van der Waals surface area (Å²) < 4.78 is 26.6. The number of rotatable bonds is 4. The van der Waals surface area contributed by atoms with E-state index in [1.54, 1.807) is 0 Å². The van der Waals surface area contributed by atoms with Crippen molar-refractivity contribution in [1.82, 2.24) is 5.32 Å². The smallest absolute Gasteiger partial charge is 0.253 e. The van der Waals surface area contributed by atoms with E-state index in [9.17, 15) is 13.6 Å². The summed E-state index contributed by atoms with van der Waals surface area (Å²) in [6, 6.07) is 14.4. The van der Waals surface area contributed by atoms with Crippen molar-refractivity contribution < 1.29 is 13.6 Å². The molecule has 2 nitrogen and oxygen atoms in total. The molecular weight excluding hydrogens is 352 g/mol. The Morgan fingerprint density at radius 1 is 1.04 bits per heavy atom. The molecule has 1 heterocycles. The zero-order chi connectivity index (χ0) is 17.1. The first-order valence-corrected chi connectivity index (χ1v) is 8.36. The molecule has 1 N–H and O–H groups in total. The van der Waals surface area contributed by atoms with E-state index >= 15 is 0 Å². The van der Waals surface area contributed by atoms with Crippen molar-refractivity contribution >= 4 is 28.8 Å². The molecule has 1 atom stereocenters. The first-order valence-electron chi connectivity index (χ1n) is 7.10. The van der Waals surface area contributed by atoms with Gasteiger partial charge in [-0.05, 0) is 29.1 Å². The molecule has 1 unspecified atom stereocenters. The van der Waals surface area contributed by atoms with E-state index in [4.69, 9.17) is 11.6 Å². The monoisotopic (exact) mass is 363 g/mol. The standard InChI is InChI=1S/C18H12ClF2NOS/c19-13-10-15(21)14(20)9-12(13)18(23)22-17(16-7-4-8-24-16)11-5-2-1-3-6-11/h1-10,17H,(H,22,23). The first-order chi connectivity index (χ1) is 11.6. The maximum absolute atomic E-state index is 13.4. The molecule has 24 heavy (non-hydrogen) atoms. The Hall–Kier alpha value is -2.24. The lowest BCUT2D eigenvalue weighted by Crippen LogP contribution is -2.29. The van der Waals surface area contributed by atoms with Gasteiger partial charge in [0, 0.05) is 4.88 Å². The lowest BCUT2D eigenvalue weighted by molar-refractivity contribution is 0.0943. The van der Waals surface area contributed by atoms with Crippen molar-refractivity contribution in [2.45, 2.75) is 6.04 Å². The third-order valence-corrected chi connectivity index (χ3v) is 4.74. The number of carbonyl (C=O) groups excluding carboxylic acids is 1. The number of nitrogens with one attached hydrogen (secondary N) is 1. The predicted octanol–water partition coefficient (Wildman–Crippen LogP) is 5.20. The molecule has 0 fully saturated rings. The van der Waals surface area contributed by atoms with Gasteiger partial charge in [0.1, 0.15) is 0 Å². The minimum Gasteiger partial charge on any atom is -0.340 e. The summed E-state index contributed by atoms with van der Waals surface area (Å²) >= 11 is 7.38. The van der Waals surface area contributed by atoms with Crippen LogP contribution in [0.3, 0.4) is 0 Å². The van der Waals surface area contributed by atoms with Crippen LogP contribution in [0.1, 0.15) is 26.8 Å². The van der Waals surface area contributed by atoms with Gasteiger partial charge < -0.3 is 5.32 Å². The molecule has 6 heteroatoms. The fourth-order valence-corrected chi connectivity index (χ4v) is 3.36. The Kier molecular flexibility index (Phi) is 4.92. The van der Waals surface area contributed by atoms with Gasteiger partial charge in [-0.3, -0.25) is 4.79 Å². The van der Waals surface area contributed by atoms with Crippen molar-refractivity contribution in [2.75, 3.05) is 0 Å². The third-order valence-electron chi connectivity index (χ3n) is 3.49. The Balaban J connectivity index is 1.94. The largest absolute Gasteiger partial charge is 0.340 e. The van der Waals surface area contributed by atoms with Crippen LogP contribution in [0.15, 0.2) is 60.0 Å². The van der Waals surface area contributed by atoms with E-state index in [2.05, 4.69) is 5.32 Å². The van der Waals surface area contributed by atoms with Gasteiger partial charge in [-0.1, -0.05) is 48.0 Å². The van der Waals surface area contributed by atoms with Crippen LogP contribution in [-0.4, -0.2) is 5.91 Å². The van der Waals surface area contributed by atoms with Crippen LogP contribution < -0.4 is 5.32 Å². The Bertz CT molecular complexity index is 853. The van der Waals surface area contributed by atoms with Gasteiger partial charge in [-0.25, -0.2) is 8.78 Å². The van der Waals surface area contributed by atoms with E-state index < -0.39 is 23.6 Å². The number of hydrogen-bond donors (Lipinski definition) is 1. The molecule has 1 aromatic heterocycles. The average molecular weight is 364 g/mol. The summed E-state index contributed by atoms with van der Waals surface area (Å²) in [6.45, 7) is 0. The molecule has 0 saturated carbocycles. The van der Waals surface area contributed by atoms with Gasteiger partial charge in [0.2, 0.25) is 0 Å². The number of amides is 1. The highest BCUT2D eigenvalue weighted by molar-refractivity contribution is 7.10. The molecule has 0 aliphatic heterocycles. The second-order valence-electron chi connectivity index (χ2n) is 5.08. The van der Waals surface area contributed by atoms with Gasteiger partial charge in [-0.15, -0.1) is 11.3 Å². The molecule has 0 spiro atoms. The third kappa shape index (κ3) is 3.47. The van der Waals surface area contributed by atoms with E-state index in [0.29, 0.717) is 0 Å². The summed E-state index contributed by atoms with van der Waals surface area (Å²) in [5.74, 6) is -2.77. The van der Waals surface area contributed by atoms with E-state index in [1.807, 2.05) is 47.8 Å². The molecule has 2 aromatic carbocycles. The molecule has 1 amide bonds. The topological polar surface area (TPSA) is 29.1 Å². The Morgan fingerprint density at radius 3 is 2.42 bits per heavy atom. The number of thiophene rings is 1. The Morgan fingerprint density at radius 2 is 1.75 bits per heavy atom. The van der Waals surface area contributed by atoms with Crippen molar-refractivity contribution in [3.05, 3.63) is 92.6 Å². The highest BCUT2D eigenvalue weighted by Crippen LogP contribution is 2.27. The average Bonchev–Trinajstić information content (AvgIpc) is 3.11. The predicted molar refractivity (Wildman–Crippen MR) is 91.4 cm³/mol. The molecule has 0 saturated heterocycles. The molecule has 3 aromatic rings. The maximum atomic E-state index is 13.4. The highest BCUT2D eigenvalue weighted by atomic mass is 35.5. The summed E-state index contributed by atoms with van der Waals surface area (Å²) in [6.07, 6.45) is 0. The van der Waals surface area contributed by atoms with Gasteiger partial charge in [0.25, 0.3) is 5.91 Å². The van der Waals surface area contributed by atoms with Crippen LogP contribution in [0.5, 0.6) is 0 Å². The fourth-order valence-electron chi connectivity index (χ4n) is 2.33. The zero-order valence-corrected chi connectivity index (χ0v) is 13.9. The SMILES string of the molecule is O=C(NC(c1ccccc1)c1cccs1)c1cc(F)c(F)cc1Cl. The molecular formula is C18H12ClF2NOS. The van der Waals surface area contributed by atoms with E-state index in [-0.39, 0.29) is 10.6 Å². The lowest BCUT2D eigenvalue weighted by Gasteiger charge is -2.18. The van der Waals surface area contributed by atoms with Crippen LogP contribution in [0, 0.1) is 11.6 Å². The molecule has 0 radical (unpaired) electrons. The Labute approximate surface area is 146 Å². The molecule has 0 aliphatic carbocycles. The van der Waals surface area contributed by atoms with Crippen LogP contribution in [0.2, 0.25) is 5.02 Å². The summed E-state index contributed by atoms with van der Waals surface area (Å²) in [7, 11) is 0. The second kappa shape index (κ2) is 7.11. The number of carbonyl (C=O) groups is 1. The van der Waals surface area contributed by atoms with Gasteiger partial charge in [0.15, 0.2) is 11.6 Å². The van der Waals surface area contributed by atoms with Crippen molar-refractivity contribution in [3.8, 4) is 0 Å². The number of benzene rings is 2. The van der Waals surface area contributed by atoms with Crippen molar-refractivity contribution in [1.29, 1.82) is 0 Å². The lowest BCUT2D eigenvalue weighted by atomic mass is 10.0.